The Balaban J connectivity index is 1.87. The first-order valence-corrected chi connectivity index (χ1v) is 8.86. The molecule has 22 heavy (non-hydrogen) atoms. The number of carbonyl (C=O) groups is 1. The number of ether oxygens (including phenoxy) is 1. The number of amides is 1. The van der Waals surface area contributed by atoms with Crippen LogP contribution >= 0.6 is 0 Å². The monoisotopic (exact) mass is 330 g/mol. The van der Waals surface area contributed by atoms with Gasteiger partial charge < -0.3 is 14.5 Å². The lowest BCUT2D eigenvalue weighted by molar-refractivity contribution is -0.0440. The molecule has 1 saturated heterocycles. The quantitative estimate of drug-likeness (QED) is 0.861. The standard InChI is InChI=1S/C14H22N2O5S/c1-10-8-16(9-11(2)21-10)22(18,19)7-5-15-14(17)13-4-6-20-12(13)3/h4,6,10-11H,5,7-9H2,1-3H3,(H,15,17). The molecule has 1 aromatic heterocycles. The molecule has 1 aliphatic heterocycles. The number of hydrogen-bond donors (Lipinski definition) is 1. The Morgan fingerprint density at radius 1 is 1.36 bits per heavy atom. The van der Waals surface area contributed by atoms with Gasteiger partial charge in [-0.3, -0.25) is 4.79 Å². The first kappa shape index (κ1) is 17.0. The van der Waals surface area contributed by atoms with Crippen molar-refractivity contribution in [2.24, 2.45) is 0 Å². The lowest BCUT2D eigenvalue weighted by Gasteiger charge is -2.34. The molecule has 2 unspecified atom stereocenters. The highest BCUT2D eigenvalue weighted by atomic mass is 32.2. The molecule has 0 spiro atoms. The van der Waals surface area contributed by atoms with Crippen molar-refractivity contribution < 1.29 is 22.4 Å². The molecule has 1 aromatic rings. The van der Waals surface area contributed by atoms with Gasteiger partial charge in [0.25, 0.3) is 5.91 Å². The van der Waals surface area contributed by atoms with Crippen LogP contribution in [0.25, 0.3) is 0 Å². The minimum atomic E-state index is -3.41. The van der Waals surface area contributed by atoms with Gasteiger partial charge in [-0.25, -0.2) is 8.42 Å². The average molecular weight is 330 g/mol. The predicted octanol–water partition coefficient (Wildman–Crippen LogP) is 0.757. The Hall–Kier alpha value is -1.38. The number of nitrogens with zero attached hydrogens (tertiary/aromatic N) is 1. The Labute approximate surface area is 130 Å². The molecule has 1 fully saturated rings. The van der Waals surface area contributed by atoms with Crippen LogP contribution in [-0.4, -0.2) is 56.2 Å². The fourth-order valence-corrected chi connectivity index (χ4v) is 3.99. The van der Waals surface area contributed by atoms with Crippen LogP contribution in [0.1, 0.15) is 30.0 Å². The summed E-state index contributed by atoms with van der Waals surface area (Å²) in [7, 11) is -3.41. The maximum Gasteiger partial charge on any atom is 0.254 e. The molecule has 0 saturated carbocycles. The van der Waals surface area contributed by atoms with E-state index in [1.807, 2.05) is 13.8 Å². The van der Waals surface area contributed by atoms with Gasteiger partial charge >= 0.3 is 0 Å². The molecule has 0 radical (unpaired) electrons. The molecule has 8 heteroatoms. The fraction of sp³-hybridized carbons (Fsp3) is 0.643. The molecular formula is C14H22N2O5S. The summed E-state index contributed by atoms with van der Waals surface area (Å²) in [5, 5.41) is 2.61. The normalized spacial score (nSPS) is 23.4. The summed E-state index contributed by atoms with van der Waals surface area (Å²) in [4.78, 5) is 11.9. The number of morpholine rings is 1. The SMILES string of the molecule is Cc1occc1C(=O)NCCS(=O)(=O)N1CC(C)OC(C)C1. The van der Waals surface area contributed by atoms with Crippen molar-refractivity contribution in [1.82, 2.24) is 9.62 Å². The van der Waals surface area contributed by atoms with E-state index in [2.05, 4.69) is 5.32 Å². The van der Waals surface area contributed by atoms with Gasteiger partial charge in [0.1, 0.15) is 5.76 Å². The van der Waals surface area contributed by atoms with Crippen molar-refractivity contribution in [3.63, 3.8) is 0 Å². The molecule has 0 bridgehead atoms. The largest absolute Gasteiger partial charge is 0.469 e. The van der Waals surface area contributed by atoms with Crippen LogP contribution in [0.4, 0.5) is 0 Å². The molecule has 1 N–H and O–H groups in total. The maximum absolute atomic E-state index is 12.3. The third-order valence-corrected chi connectivity index (χ3v) is 5.33. The van der Waals surface area contributed by atoms with E-state index < -0.39 is 10.0 Å². The molecule has 1 amide bonds. The molecule has 1 aliphatic rings. The summed E-state index contributed by atoms with van der Waals surface area (Å²) in [6.45, 7) is 6.14. The van der Waals surface area contributed by atoms with Crippen molar-refractivity contribution in [3.8, 4) is 0 Å². The van der Waals surface area contributed by atoms with E-state index in [4.69, 9.17) is 9.15 Å². The van der Waals surface area contributed by atoms with E-state index in [9.17, 15) is 13.2 Å². The lowest BCUT2D eigenvalue weighted by Crippen LogP contribution is -2.49. The van der Waals surface area contributed by atoms with E-state index in [0.29, 0.717) is 24.4 Å². The van der Waals surface area contributed by atoms with Crippen LogP contribution in [0.3, 0.4) is 0 Å². The first-order chi connectivity index (χ1) is 10.3. The number of furan rings is 1. The highest BCUT2D eigenvalue weighted by Crippen LogP contribution is 2.14. The fourth-order valence-electron chi connectivity index (χ4n) is 2.50. The summed E-state index contributed by atoms with van der Waals surface area (Å²) in [5.41, 5.74) is 0.422. The van der Waals surface area contributed by atoms with E-state index in [-0.39, 0.29) is 30.4 Å². The second-order valence-corrected chi connectivity index (χ2v) is 7.63. The van der Waals surface area contributed by atoms with E-state index in [0.717, 1.165) is 0 Å². The number of rotatable bonds is 5. The third kappa shape index (κ3) is 4.08. The highest BCUT2D eigenvalue weighted by molar-refractivity contribution is 7.89. The van der Waals surface area contributed by atoms with Gasteiger partial charge in [0.2, 0.25) is 10.0 Å². The highest BCUT2D eigenvalue weighted by Gasteiger charge is 2.30. The van der Waals surface area contributed by atoms with Crippen molar-refractivity contribution in [2.45, 2.75) is 33.0 Å². The van der Waals surface area contributed by atoms with Crippen LogP contribution < -0.4 is 5.32 Å². The summed E-state index contributed by atoms with van der Waals surface area (Å²) < 4.78 is 36.6. The molecule has 2 rings (SSSR count). The van der Waals surface area contributed by atoms with Gasteiger partial charge in [-0.15, -0.1) is 0 Å². The zero-order valence-corrected chi connectivity index (χ0v) is 13.9. The first-order valence-electron chi connectivity index (χ1n) is 7.25. The minimum Gasteiger partial charge on any atom is -0.469 e. The smallest absolute Gasteiger partial charge is 0.254 e. The van der Waals surface area contributed by atoms with E-state index >= 15 is 0 Å². The van der Waals surface area contributed by atoms with E-state index in [1.165, 1.54) is 10.6 Å². The summed E-state index contributed by atoms with van der Waals surface area (Å²) in [6, 6.07) is 1.56. The zero-order valence-electron chi connectivity index (χ0n) is 13.0. The maximum atomic E-state index is 12.3. The van der Waals surface area contributed by atoms with Crippen LogP contribution in [0.15, 0.2) is 16.7 Å². The molecule has 124 valence electrons. The van der Waals surface area contributed by atoms with Gasteiger partial charge in [0, 0.05) is 19.6 Å². The number of hydrogen-bond acceptors (Lipinski definition) is 5. The molecular weight excluding hydrogens is 308 g/mol. The number of sulfonamides is 1. The van der Waals surface area contributed by atoms with Crippen LogP contribution in [-0.2, 0) is 14.8 Å². The summed E-state index contributed by atoms with van der Waals surface area (Å²) in [5.74, 6) is 0.0519. The average Bonchev–Trinajstić information content (AvgIpc) is 2.83. The summed E-state index contributed by atoms with van der Waals surface area (Å²) >= 11 is 0. The number of nitrogens with one attached hydrogen (secondary N) is 1. The van der Waals surface area contributed by atoms with Gasteiger partial charge in [0.15, 0.2) is 0 Å². The lowest BCUT2D eigenvalue weighted by atomic mass is 10.2. The Bertz CT molecular complexity index is 615. The third-order valence-electron chi connectivity index (χ3n) is 3.53. The number of carbonyl (C=O) groups excluding carboxylic acids is 1. The Morgan fingerprint density at radius 3 is 2.55 bits per heavy atom. The van der Waals surface area contributed by atoms with Crippen LogP contribution in [0.5, 0.6) is 0 Å². The molecule has 7 nitrogen and oxygen atoms in total. The second kappa shape index (κ2) is 6.80. The predicted molar refractivity (Wildman–Crippen MR) is 81.1 cm³/mol. The molecule has 2 atom stereocenters. The Kier molecular flexibility index (Phi) is 5.25. The molecule has 0 aromatic carbocycles. The van der Waals surface area contributed by atoms with Crippen molar-refractivity contribution in [3.05, 3.63) is 23.7 Å². The summed E-state index contributed by atoms with van der Waals surface area (Å²) in [6.07, 6.45) is 1.18. The number of aryl methyl sites for hydroxylation is 1. The van der Waals surface area contributed by atoms with Crippen molar-refractivity contribution in [2.75, 3.05) is 25.4 Å². The van der Waals surface area contributed by atoms with Gasteiger partial charge in [-0.2, -0.15) is 4.31 Å². The molecule has 2 heterocycles. The zero-order chi connectivity index (χ0) is 16.3. The van der Waals surface area contributed by atoms with Gasteiger partial charge in [-0.05, 0) is 26.8 Å². The van der Waals surface area contributed by atoms with Crippen LogP contribution in [0.2, 0.25) is 0 Å². The van der Waals surface area contributed by atoms with E-state index in [1.54, 1.807) is 13.0 Å². The van der Waals surface area contributed by atoms with Crippen molar-refractivity contribution >= 4 is 15.9 Å². The Morgan fingerprint density at radius 2 is 2.00 bits per heavy atom. The van der Waals surface area contributed by atoms with Gasteiger partial charge in [0.05, 0.1) is 29.8 Å². The van der Waals surface area contributed by atoms with Crippen LogP contribution in [0, 0.1) is 6.92 Å². The van der Waals surface area contributed by atoms with Crippen molar-refractivity contribution in [1.29, 1.82) is 0 Å². The molecule has 0 aliphatic carbocycles. The topological polar surface area (TPSA) is 88.8 Å². The second-order valence-electron chi connectivity index (χ2n) is 5.54. The minimum absolute atomic E-state index is 0.0614. The van der Waals surface area contributed by atoms with Gasteiger partial charge in [-0.1, -0.05) is 0 Å².